The molecule has 10 atom stereocenters. The van der Waals surface area contributed by atoms with Crippen LogP contribution in [0.5, 0.6) is 0 Å². The minimum atomic E-state index is -0.195. The van der Waals surface area contributed by atoms with Gasteiger partial charge in [0.2, 0.25) is 0 Å². The molecule has 3 heteroatoms. The van der Waals surface area contributed by atoms with Gasteiger partial charge < -0.3 is 10.2 Å². The van der Waals surface area contributed by atoms with Crippen molar-refractivity contribution in [1.82, 2.24) is 0 Å². The summed E-state index contributed by atoms with van der Waals surface area (Å²) in [5.74, 6) is 4.01. The Labute approximate surface area is 184 Å². The summed E-state index contributed by atoms with van der Waals surface area (Å²) in [5, 5.41) is 21.6. The van der Waals surface area contributed by atoms with Crippen LogP contribution in [0.1, 0.15) is 98.8 Å². The molecule has 0 aromatic rings. The summed E-state index contributed by atoms with van der Waals surface area (Å²) in [6, 6.07) is 0. The van der Waals surface area contributed by atoms with Gasteiger partial charge in [-0.15, -0.1) is 0 Å². The molecule has 4 rings (SSSR count). The van der Waals surface area contributed by atoms with Crippen LogP contribution >= 0.6 is 0 Å². The zero-order valence-electron chi connectivity index (χ0n) is 20.1. The van der Waals surface area contributed by atoms with Gasteiger partial charge in [-0.2, -0.15) is 0 Å². The SMILES string of the molecule is CC(C)C(=O)CC[C@@H](C)[C@H]1CC[C@H]2[C@@H]3[C@H](O)C[C@H]4C[C@H](O)CC[C@]4(C)[C@H]3CC[C@]12C. The molecular weight excluding hydrogens is 372 g/mol. The molecule has 0 spiro atoms. The normalized spacial score (nSPS) is 49.3. The summed E-state index contributed by atoms with van der Waals surface area (Å²) in [7, 11) is 0. The molecule has 0 aromatic carbocycles. The van der Waals surface area contributed by atoms with Crippen LogP contribution in [0.4, 0.5) is 0 Å². The number of hydrogen-bond acceptors (Lipinski definition) is 3. The van der Waals surface area contributed by atoms with Gasteiger partial charge in [-0.3, -0.25) is 4.79 Å². The van der Waals surface area contributed by atoms with Gasteiger partial charge in [0, 0.05) is 12.3 Å². The molecule has 0 aliphatic heterocycles. The van der Waals surface area contributed by atoms with E-state index in [1.807, 2.05) is 13.8 Å². The van der Waals surface area contributed by atoms with Crippen LogP contribution in [0.15, 0.2) is 0 Å². The Morgan fingerprint density at radius 1 is 0.933 bits per heavy atom. The van der Waals surface area contributed by atoms with Gasteiger partial charge in [-0.05, 0) is 104 Å². The number of rotatable bonds is 5. The first-order chi connectivity index (χ1) is 14.1. The maximum atomic E-state index is 12.2. The second kappa shape index (κ2) is 8.18. The van der Waals surface area contributed by atoms with Gasteiger partial charge in [0.05, 0.1) is 12.2 Å². The smallest absolute Gasteiger partial charge is 0.135 e. The van der Waals surface area contributed by atoms with E-state index in [1.165, 1.54) is 25.7 Å². The van der Waals surface area contributed by atoms with E-state index < -0.39 is 0 Å². The topological polar surface area (TPSA) is 57.5 Å². The van der Waals surface area contributed by atoms with E-state index >= 15 is 0 Å². The Balaban J connectivity index is 1.51. The number of fused-ring (bicyclic) bond motifs is 5. The van der Waals surface area contributed by atoms with Crippen molar-refractivity contribution in [3.63, 3.8) is 0 Å². The monoisotopic (exact) mass is 418 g/mol. The first-order valence-corrected chi connectivity index (χ1v) is 13.0. The summed E-state index contributed by atoms with van der Waals surface area (Å²) < 4.78 is 0. The molecule has 0 radical (unpaired) electrons. The Kier molecular flexibility index (Phi) is 6.21. The number of carbonyl (C=O) groups is 1. The summed E-state index contributed by atoms with van der Waals surface area (Å²) in [5.41, 5.74) is 0.623. The van der Waals surface area contributed by atoms with Gasteiger partial charge in [-0.25, -0.2) is 0 Å². The van der Waals surface area contributed by atoms with Crippen LogP contribution in [0.3, 0.4) is 0 Å². The number of aliphatic hydroxyl groups is 2. The molecule has 0 bridgehead atoms. The average Bonchev–Trinajstić information content (AvgIpc) is 3.04. The lowest BCUT2D eigenvalue weighted by Crippen LogP contribution is -2.58. The predicted octanol–water partition coefficient (Wildman–Crippen LogP) is 5.62. The van der Waals surface area contributed by atoms with Crippen LogP contribution in [0.25, 0.3) is 0 Å². The zero-order chi connectivity index (χ0) is 21.8. The van der Waals surface area contributed by atoms with Crippen LogP contribution in [0, 0.1) is 52.3 Å². The highest BCUT2D eigenvalue weighted by atomic mass is 16.3. The minimum Gasteiger partial charge on any atom is -0.393 e. The van der Waals surface area contributed by atoms with Gasteiger partial charge in [0.15, 0.2) is 0 Å². The van der Waals surface area contributed by atoms with Crippen molar-refractivity contribution in [2.24, 2.45) is 52.3 Å². The highest BCUT2D eigenvalue weighted by molar-refractivity contribution is 5.80. The molecule has 4 fully saturated rings. The van der Waals surface area contributed by atoms with Crippen molar-refractivity contribution in [1.29, 1.82) is 0 Å². The Morgan fingerprint density at radius 2 is 1.60 bits per heavy atom. The van der Waals surface area contributed by atoms with Crippen LogP contribution in [0.2, 0.25) is 0 Å². The van der Waals surface area contributed by atoms with E-state index in [2.05, 4.69) is 20.8 Å². The third-order valence-corrected chi connectivity index (χ3v) is 10.9. The van der Waals surface area contributed by atoms with Crippen molar-refractivity contribution in [3.8, 4) is 0 Å². The summed E-state index contributed by atoms with van der Waals surface area (Å²) in [4.78, 5) is 12.2. The van der Waals surface area contributed by atoms with Gasteiger partial charge in [0.1, 0.15) is 5.78 Å². The summed E-state index contributed by atoms with van der Waals surface area (Å²) >= 11 is 0. The molecule has 0 saturated heterocycles. The van der Waals surface area contributed by atoms with Crippen LogP contribution < -0.4 is 0 Å². The van der Waals surface area contributed by atoms with E-state index in [-0.39, 0.29) is 18.1 Å². The van der Waals surface area contributed by atoms with Gasteiger partial charge in [0.25, 0.3) is 0 Å². The third-order valence-electron chi connectivity index (χ3n) is 10.9. The second-order valence-corrected chi connectivity index (χ2v) is 12.6. The van der Waals surface area contributed by atoms with E-state index in [1.54, 1.807) is 0 Å². The molecule has 0 aromatic heterocycles. The number of Topliss-reactive ketones (excluding diaryl/α,β-unsaturated/α-hetero) is 1. The second-order valence-electron chi connectivity index (χ2n) is 12.6. The first-order valence-electron chi connectivity index (χ1n) is 13.0. The van der Waals surface area contributed by atoms with Gasteiger partial charge >= 0.3 is 0 Å². The lowest BCUT2D eigenvalue weighted by molar-refractivity contribution is -0.174. The maximum absolute atomic E-state index is 12.2. The molecule has 30 heavy (non-hydrogen) atoms. The molecule has 4 saturated carbocycles. The Bertz CT molecular complexity index is 644. The van der Waals surface area contributed by atoms with Crippen LogP contribution in [-0.4, -0.2) is 28.2 Å². The zero-order valence-corrected chi connectivity index (χ0v) is 20.1. The summed E-state index contributed by atoms with van der Waals surface area (Å²) in [6.45, 7) is 11.4. The van der Waals surface area contributed by atoms with E-state index in [0.29, 0.717) is 52.1 Å². The number of carbonyl (C=O) groups excluding carboxylic acids is 1. The molecular formula is C27H46O3. The molecule has 0 heterocycles. The summed E-state index contributed by atoms with van der Waals surface area (Å²) in [6.07, 6.45) is 10.3. The standard InChI is InChI=1S/C27H46O3/c1-16(2)23(29)9-6-17(3)20-7-8-21-25-22(11-13-27(20,21)5)26(4)12-10-19(28)14-18(26)15-24(25)30/h16-22,24-25,28,30H,6-15H2,1-5H3/t17-,18-,19-,20-,21+,22+,24-,25+,26+,27-/m1/s1. The largest absolute Gasteiger partial charge is 0.393 e. The van der Waals surface area contributed by atoms with Crippen molar-refractivity contribution >= 4 is 5.78 Å². The Hall–Kier alpha value is -0.410. The molecule has 0 unspecified atom stereocenters. The van der Waals surface area contributed by atoms with Crippen molar-refractivity contribution in [2.45, 2.75) is 111 Å². The number of hydrogen-bond donors (Lipinski definition) is 2. The van der Waals surface area contributed by atoms with Gasteiger partial charge in [-0.1, -0.05) is 34.6 Å². The third kappa shape index (κ3) is 3.60. The van der Waals surface area contributed by atoms with Crippen LogP contribution in [-0.2, 0) is 4.79 Å². The lowest BCUT2D eigenvalue weighted by atomic mass is 9.43. The molecule has 2 N–H and O–H groups in total. The molecule has 4 aliphatic carbocycles. The highest BCUT2D eigenvalue weighted by Gasteiger charge is 2.62. The average molecular weight is 419 g/mol. The lowest BCUT2D eigenvalue weighted by Gasteiger charge is -2.62. The van der Waals surface area contributed by atoms with Crippen molar-refractivity contribution in [2.75, 3.05) is 0 Å². The van der Waals surface area contributed by atoms with Crippen molar-refractivity contribution in [3.05, 3.63) is 0 Å². The molecule has 4 aliphatic rings. The van der Waals surface area contributed by atoms with Crippen molar-refractivity contribution < 1.29 is 15.0 Å². The quantitative estimate of drug-likeness (QED) is 0.609. The van der Waals surface area contributed by atoms with E-state index in [9.17, 15) is 15.0 Å². The first kappa shape index (κ1) is 22.8. The van der Waals surface area contributed by atoms with E-state index in [0.717, 1.165) is 38.5 Å². The molecule has 3 nitrogen and oxygen atoms in total. The fourth-order valence-corrected chi connectivity index (χ4v) is 9.04. The molecule has 172 valence electrons. The molecule has 0 amide bonds. The number of aliphatic hydroxyl groups excluding tert-OH is 2. The highest BCUT2D eigenvalue weighted by Crippen LogP contribution is 2.68. The fraction of sp³-hybridized carbons (Fsp3) is 0.963. The minimum absolute atomic E-state index is 0.152. The predicted molar refractivity (Wildman–Crippen MR) is 121 cm³/mol. The number of ketones is 1. The maximum Gasteiger partial charge on any atom is 0.135 e. The fourth-order valence-electron chi connectivity index (χ4n) is 9.04. The Morgan fingerprint density at radius 3 is 2.30 bits per heavy atom. The van der Waals surface area contributed by atoms with E-state index in [4.69, 9.17) is 0 Å².